The van der Waals surface area contributed by atoms with Crippen LogP contribution in [0.1, 0.15) is 33.6 Å². The van der Waals surface area contributed by atoms with E-state index in [1.54, 1.807) is 0 Å². The molecule has 0 radical (unpaired) electrons. The predicted octanol–water partition coefficient (Wildman–Crippen LogP) is 2.77. The van der Waals surface area contributed by atoms with Gasteiger partial charge in [0.25, 0.3) is 0 Å². The first-order valence-electron chi connectivity index (χ1n) is 4.83. The molecule has 1 saturated heterocycles. The van der Waals surface area contributed by atoms with Crippen molar-refractivity contribution < 1.29 is 4.74 Å². The molecule has 1 heteroatoms. The van der Waals surface area contributed by atoms with Gasteiger partial charge in [-0.3, -0.25) is 0 Å². The molecule has 1 spiro atoms. The van der Waals surface area contributed by atoms with Gasteiger partial charge in [0.05, 0.1) is 6.61 Å². The third-order valence-electron chi connectivity index (χ3n) is 4.16. The molecule has 1 heterocycles. The first kappa shape index (κ1) is 8.31. The van der Waals surface area contributed by atoms with Crippen LogP contribution in [0.3, 0.4) is 0 Å². The lowest BCUT2D eigenvalue weighted by Gasteiger charge is -2.43. The zero-order valence-electron chi connectivity index (χ0n) is 8.31. The molecule has 0 N–H and O–H groups in total. The van der Waals surface area contributed by atoms with Crippen molar-refractivity contribution in [3.8, 4) is 0 Å². The van der Waals surface area contributed by atoms with Gasteiger partial charge in [0.15, 0.2) is 0 Å². The van der Waals surface area contributed by atoms with Gasteiger partial charge in [-0.1, -0.05) is 27.4 Å². The van der Waals surface area contributed by atoms with Crippen molar-refractivity contribution in [1.29, 1.82) is 0 Å². The Morgan fingerprint density at radius 3 is 2.50 bits per heavy atom. The van der Waals surface area contributed by atoms with Crippen molar-refractivity contribution in [2.24, 2.45) is 11.3 Å². The second-order valence-electron chi connectivity index (χ2n) is 4.88. The lowest BCUT2D eigenvalue weighted by molar-refractivity contribution is 0.0738. The maximum atomic E-state index is 5.64. The summed E-state index contributed by atoms with van der Waals surface area (Å²) in [5.74, 6) is 0.755. The van der Waals surface area contributed by atoms with E-state index in [2.05, 4.69) is 27.4 Å². The van der Waals surface area contributed by atoms with Crippen LogP contribution in [0, 0.1) is 11.3 Å². The fourth-order valence-electron chi connectivity index (χ4n) is 2.46. The molecule has 0 aromatic rings. The van der Waals surface area contributed by atoms with Crippen LogP contribution >= 0.6 is 0 Å². The van der Waals surface area contributed by atoms with E-state index in [9.17, 15) is 0 Å². The van der Waals surface area contributed by atoms with Gasteiger partial charge in [-0.25, -0.2) is 0 Å². The number of hydrogen-bond donors (Lipinski definition) is 0. The van der Waals surface area contributed by atoms with Gasteiger partial charge in [-0.05, 0) is 24.3 Å². The Bertz CT molecular complexity index is 223. The minimum atomic E-state index is 0.0602. The summed E-state index contributed by atoms with van der Waals surface area (Å²) in [6.45, 7) is 12.0. The summed E-state index contributed by atoms with van der Waals surface area (Å²) in [5.41, 5.74) is 1.68. The summed E-state index contributed by atoms with van der Waals surface area (Å²) in [6.07, 6.45) is 2.43. The SMILES string of the molecule is C=C1CC[C@H](C)C(C)(C)[C@@]12CO2. The molecule has 0 amide bonds. The molecular formula is C11H18O. The fourth-order valence-corrected chi connectivity index (χ4v) is 2.46. The highest BCUT2D eigenvalue weighted by atomic mass is 16.6. The quantitative estimate of drug-likeness (QED) is 0.398. The molecule has 2 rings (SSSR count). The van der Waals surface area contributed by atoms with Crippen molar-refractivity contribution in [3.05, 3.63) is 12.2 Å². The fraction of sp³-hybridized carbons (Fsp3) is 0.818. The van der Waals surface area contributed by atoms with E-state index in [1.807, 2.05) is 0 Å². The van der Waals surface area contributed by atoms with Crippen LogP contribution in [0.4, 0.5) is 0 Å². The van der Waals surface area contributed by atoms with Crippen LogP contribution in [0.5, 0.6) is 0 Å². The van der Waals surface area contributed by atoms with Gasteiger partial charge in [-0.2, -0.15) is 0 Å². The summed E-state index contributed by atoms with van der Waals surface area (Å²) in [6, 6.07) is 0. The van der Waals surface area contributed by atoms with Gasteiger partial charge >= 0.3 is 0 Å². The lowest BCUT2D eigenvalue weighted by atomic mass is 9.61. The molecule has 1 aliphatic carbocycles. The molecule has 68 valence electrons. The molecule has 2 aliphatic rings. The number of epoxide rings is 1. The van der Waals surface area contributed by atoms with Crippen LogP contribution in [0.15, 0.2) is 12.2 Å². The lowest BCUT2D eigenvalue weighted by Crippen LogP contribution is -2.43. The highest BCUT2D eigenvalue weighted by Gasteiger charge is 2.61. The smallest absolute Gasteiger partial charge is 0.118 e. The molecule has 0 unspecified atom stereocenters. The highest BCUT2D eigenvalue weighted by molar-refractivity contribution is 5.29. The van der Waals surface area contributed by atoms with E-state index in [4.69, 9.17) is 4.74 Å². The van der Waals surface area contributed by atoms with E-state index in [1.165, 1.54) is 12.0 Å². The Balaban J connectivity index is 2.33. The van der Waals surface area contributed by atoms with E-state index >= 15 is 0 Å². The number of rotatable bonds is 0. The zero-order chi connectivity index (χ0) is 8.98. The van der Waals surface area contributed by atoms with Crippen LogP contribution in [0.2, 0.25) is 0 Å². The summed E-state index contributed by atoms with van der Waals surface area (Å²) in [7, 11) is 0. The molecular weight excluding hydrogens is 148 g/mol. The molecule has 2 atom stereocenters. The maximum absolute atomic E-state index is 5.64. The average molecular weight is 166 g/mol. The summed E-state index contributed by atoms with van der Waals surface area (Å²) in [5, 5.41) is 0. The van der Waals surface area contributed by atoms with Gasteiger partial charge in [0.1, 0.15) is 5.60 Å². The largest absolute Gasteiger partial charge is 0.364 e. The third kappa shape index (κ3) is 0.779. The monoisotopic (exact) mass is 166 g/mol. The molecule has 1 saturated carbocycles. The zero-order valence-corrected chi connectivity index (χ0v) is 8.31. The summed E-state index contributed by atoms with van der Waals surface area (Å²) in [4.78, 5) is 0. The van der Waals surface area contributed by atoms with E-state index in [0.717, 1.165) is 18.9 Å². The van der Waals surface area contributed by atoms with Gasteiger partial charge in [0.2, 0.25) is 0 Å². The Morgan fingerprint density at radius 2 is 2.08 bits per heavy atom. The van der Waals surface area contributed by atoms with E-state index in [0.29, 0.717) is 5.41 Å². The topological polar surface area (TPSA) is 12.5 Å². The second kappa shape index (κ2) is 2.14. The third-order valence-corrected chi connectivity index (χ3v) is 4.16. The Labute approximate surface area is 74.8 Å². The molecule has 0 aromatic heterocycles. The van der Waals surface area contributed by atoms with Crippen molar-refractivity contribution in [2.75, 3.05) is 6.61 Å². The number of ether oxygens (including phenoxy) is 1. The Kier molecular flexibility index (Phi) is 1.48. The van der Waals surface area contributed by atoms with Crippen molar-refractivity contribution in [2.45, 2.75) is 39.2 Å². The van der Waals surface area contributed by atoms with Gasteiger partial charge < -0.3 is 4.74 Å². The molecule has 12 heavy (non-hydrogen) atoms. The minimum Gasteiger partial charge on any atom is -0.364 e. The Hall–Kier alpha value is -0.300. The number of hydrogen-bond acceptors (Lipinski definition) is 1. The predicted molar refractivity (Wildman–Crippen MR) is 50.0 cm³/mol. The molecule has 0 bridgehead atoms. The van der Waals surface area contributed by atoms with Crippen molar-refractivity contribution >= 4 is 0 Å². The van der Waals surface area contributed by atoms with Crippen LogP contribution in [-0.2, 0) is 4.74 Å². The van der Waals surface area contributed by atoms with E-state index in [-0.39, 0.29) is 5.60 Å². The molecule has 1 aliphatic heterocycles. The van der Waals surface area contributed by atoms with Crippen molar-refractivity contribution in [1.82, 2.24) is 0 Å². The Morgan fingerprint density at radius 1 is 1.50 bits per heavy atom. The molecule has 2 fully saturated rings. The van der Waals surface area contributed by atoms with E-state index < -0.39 is 0 Å². The standard InChI is InChI=1S/C11H18O/c1-8-5-6-9(2)11(7-12-11)10(8,3)4/h8H,2,5-7H2,1,3-4H3/t8-,11+/m0/s1. The first-order valence-corrected chi connectivity index (χ1v) is 4.83. The molecule has 1 nitrogen and oxygen atoms in total. The summed E-state index contributed by atoms with van der Waals surface area (Å²) >= 11 is 0. The molecule has 0 aromatic carbocycles. The normalized spacial score (nSPS) is 44.9. The van der Waals surface area contributed by atoms with Gasteiger partial charge in [-0.15, -0.1) is 0 Å². The second-order valence-corrected chi connectivity index (χ2v) is 4.88. The van der Waals surface area contributed by atoms with Crippen molar-refractivity contribution in [3.63, 3.8) is 0 Å². The van der Waals surface area contributed by atoms with Crippen LogP contribution < -0.4 is 0 Å². The maximum Gasteiger partial charge on any atom is 0.118 e. The average Bonchev–Trinajstić information content (AvgIpc) is 2.76. The highest BCUT2D eigenvalue weighted by Crippen LogP contribution is 2.58. The minimum absolute atomic E-state index is 0.0602. The van der Waals surface area contributed by atoms with Gasteiger partial charge in [0, 0.05) is 5.41 Å². The summed E-state index contributed by atoms with van der Waals surface area (Å²) < 4.78 is 5.64. The van der Waals surface area contributed by atoms with Crippen LogP contribution in [0.25, 0.3) is 0 Å². The van der Waals surface area contributed by atoms with Crippen LogP contribution in [-0.4, -0.2) is 12.2 Å². The first-order chi connectivity index (χ1) is 5.51.